The summed E-state index contributed by atoms with van der Waals surface area (Å²) in [6.07, 6.45) is 1.60. The molecule has 0 radical (unpaired) electrons. The zero-order chi connectivity index (χ0) is 13.4. The van der Waals surface area contributed by atoms with Crippen LogP contribution in [0, 0.1) is 0 Å². The van der Waals surface area contributed by atoms with Gasteiger partial charge in [-0.3, -0.25) is 0 Å². The highest BCUT2D eigenvalue weighted by Crippen LogP contribution is 2.23. The van der Waals surface area contributed by atoms with E-state index < -0.39 is 6.09 Å². The highest BCUT2D eigenvalue weighted by molar-refractivity contribution is 9.10. The van der Waals surface area contributed by atoms with Crippen LogP contribution in [0.15, 0.2) is 22.7 Å². The van der Waals surface area contributed by atoms with E-state index in [0.717, 1.165) is 29.5 Å². The minimum absolute atomic E-state index is 0.471. The maximum absolute atomic E-state index is 10.2. The van der Waals surface area contributed by atoms with Crippen LogP contribution in [0.2, 0.25) is 0 Å². The number of unbranched alkanes of at least 4 members (excludes halogenated alkanes) is 1. The Morgan fingerprint density at radius 2 is 2.22 bits per heavy atom. The molecule has 0 aliphatic carbocycles. The molecule has 0 saturated carbocycles. The lowest BCUT2D eigenvalue weighted by atomic mass is 10.2. The monoisotopic (exact) mass is 315 g/mol. The molecule has 0 aliphatic rings. The molecule has 2 N–H and O–H groups in total. The number of rotatable bonds is 7. The van der Waals surface area contributed by atoms with Crippen LogP contribution < -0.4 is 10.1 Å². The molecule has 0 aliphatic heterocycles. The van der Waals surface area contributed by atoms with Gasteiger partial charge < -0.3 is 15.2 Å². The topological polar surface area (TPSA) is 58.6 Å². The second-order valence-electron chi connectivity index (χ2n) is 3.89. The molecular formula is C13H18BrNO3. The molecule has 0 saturated heterocycles. The minimum Gasteiger partial charge on any atom is -0.494 e. The van der Waals surface area contributed by atoms with Crippen molar-refractivity contribution in [1.82, 2.24) is 5.32 Å². The van der Waals surface area contributed by atoms with Crippen LogP contribution in [-0.2, 0) is 6.42 Å². The Hall–Kier alpha value is -1.23. The van der Waals surface area contributed by atoms with Crippen LogP contribution in [0.4, 0.5) is 4.79 Å². The Balaban J connectivity index is 2.25. The number of hydrogen-bond acceptors (Lipinski definition) is 2. The lowest BCUT2D eigenvalue weighted by Crippen LogP contribution is -2.22. The van der Waals surface area contributed by atoms with Crippen LogP contribution in [0.5, 0.6) is 5.75 Å². The number of aryl methyl sites for hydroxylation is 1. The number of amides is 1. The van der Waals surface area contributed by atoms with Crippen molar-refractivity contribution in [2.24, 2.45) is 0 Å². The predicted molar refractivity (Wildman–Crippen MR) is 74.3 cm³/mol. The number of ether oxygens (including phenoxy) is 1. The van der Waals surface area contributed by atoms with Gasteiger partial charge in [0.2, 0.25) is 0 Å². The van der Waals surface area contributed by atoms with Crippen molar-refractivity contribution >= 4 is 22.0 Å². The van der Waals surface area contributed by atoms with Gasteiger partial charge in [0.05, 0.1) is 6.61 Å². The molecule has 0 aromatic heterocycles. The van der Waals surface area contributed by atoms with Crippen molar-refractivity contribution in [1.29, 1.82) is 0 Å². The van der Waals surface area contributed by atoms with Crippen molar-refractivity contribution in [2.45, 2.75) is 26.2 Å². The number of halogens is 1. The zero-order valence-corrected chi connectivity index (χ0v) is 12.0. The third-order valence-corrected chi connectivity index (χ3v) is 3.29. The summed E-state index contributed by atoms with van der Waals surface area (Å²) in [6.45, 7) is 3.17. The van der Waals surface area contributed by atoms with E-state index in [0.29, 0.717) is 13.2 Å². The van der Waals surface area contributed by atoms with Crippen molar-refractivity contribution in [3.8, 4) is 5.75 Å². The molecule has 4 nitrogen and oxygen atoms in total. The summed E-state index contributed by atoms with van der Waals surface area (Å²) in [7, 11) is 0. The summed E-state index contributed by atoms with van der Waals surface area (Å²) in [4.78, 5) is 10.2. The van der Waals surface area contributed by atoms with Gasteiger partial charge in [0.1, 0.15) is 5.75 Å². The van der Waals surface area contributed by atoms with E-state index >= 15 is 0 Å². The highest BCUT2D eigenvalue weighted by Gasteiger charge is 2.01. The molecule has 5 heteroatoms. The lowest BCUT2D eigenvalue weighted by Gasteiger charge is -2.08. The maximum atomic E-state index is 10.2. The van der Waals surface area contributed by atoms with E-state index in [-0.39, 0.29) is 0 Å². The molecule has 1 amide bonds. The Morgan fingerprint density at radius 3 is 2.89 bits per heavy atom. The first kappa shape index (κ1) is 14.8. The fourth-order valence-corrected chi connectivity index (χ4v) is 2.05. The fraction of sp³-hybridized carbons (Fsp3) is 0.462. The Kier molecular flexibility index (Phi) is 6.57. The smallest absolute Gasteiger partial charge is 0.404 e. The third kappa shape index (κ3) is 5.40. The molecule has 0 bridgehead atoms. The summed E-state index contributed by atoms with van der Waals surface area (Å²) in [6, 6.07) is 5.94. The molecule has 0 fully saturated rings. The number of benzene rings is 1. The van der Waals surface area contributed by atoms with Crippen LogP contribution in [0.25, 0.3) is 0 Å². The second-order valence-corrected chi connectivity index (χ2v) is 4.75. The molecule has 1 aromatic carbocycles. The van der Waals surface area contributed by atoms with Crippen molar-refractivity contribution in [3.05, 3.63) is 28.2 Å². The molecule has 0 heterocycles. The maximum Gasteiger partial charge on any atom is 0.404 e. The summed E-state index contributed by atoms with van der Waals surface area (Å²) in [5.74, 6) is 0.862. The van der Waals surface area contributed by atoms with E-state index in [1.54, 1.807) is 0 Å². The van der Waals surface area contributed by atoms with Gasteiger partial charge in [0.15, 0.2) is 0 Å². The average molecular weight is 316 g/mol. The van der Waals surface area contributed by atoms with Gasteiger partial charge >= 0.3 is 6.09 Å². The third-order valence-electron chi connectivity index (χ3n) is 2.51. The molecular weight excluding hydrogens is 298 g/mol. The molecule has 1 rings (SSSR count). The van der Waals surface area contributed by atoms with Crippen molar-refractivity contribution < 1.29 is 14.6 Å². The van der Waals surface area contributed by atoms with E-state index in [9.17, 15) is 4.79 Å². The summed E-state index contributed by atoms with van der Waals surface area (Å²) in [5.41, 5.74) is 1.22. The number of carboxylic acid groups (broad SMARTS) is 1. The Bertz CT molecular complexity index is 396. The van der Waals surface area contributed by atoms with Gasteiger partial charge in [-0.25, -0.2) is 4.79 Å². The molecule has 0 spiro atoms. The average Bonchev–Trinajstić information content (AvgIpc) is 2.35. The van der Waals surface area contributed by atoms with E-state index in [1.807, 2.05) is 18.2 Å². The second kappa shape index (κ2) is 7.97. The van der Waals surface area contributed by atoms with E-state index in [1.165, 1.54) is 5.56 Å². The van der Waals surface area contributed by atoms with Gasteiger partial charge in [0.25, 0.3) is 0 Å². The van der Waals surface area contributed by atoms with Crippen molar-refractivity contribution in [3.63, 3.8) is 0 Å². The Labute approximate surface area is 115 Å². The Morgan fingerprint density at radius 1 is 1.44 bits per heavy atom. The van der Waals surface area contributed by atoms with Gasteiger partial charge in [-0.1, -0.05) is 22.9 Å². The van der Waals surface area contributed by atoms with Gasteiger partial charge in [-0.15, -0.1) is 0 Å². The fourth-order valence-electron chi connectivity index (χ4n) is 1.52. The van der Waals surface area contributed by atoms with Crippen LogP contribution in [0.3, 0.4) is 0 Å². The van der Waals surface area contributed by atoms with Crippen molar-refractivity contribution in [2.75, 3.05) is 13.2 Å². The molecule has 100 valence electrons. The molecule has 18 heavy (non-hydrogen) atoms. The first-order valence-electron chi connectivity index (χ1n) is 6.01. The minimum atomic E-state index is -0.976. The number of carbonyl (C=O) groups is 1. The zero-order valence-electron chi connectivity index (χ0n) is 10.4. The summed E-state index contributed by atoms with van der Waals surface area (Å²) < 4.78 is 6.71. The summed E-state index contributed by atoms with van der Waals surface area (Å²) >= 11 is 3.49. The van der Waals surface area contributed by atoms with E-state index in [2.05, 4.69) is 28.2 Å². The van der Waals surface area contributed by atoms with Gasteiger partial charge in [0, 0.05) is 11.0 Å². The first-order chi connectivity index (χ1) is 8.63. The first-order valence-corrected chi connectivity index (χ1v) is 6.80. The standard InChI is InChI=1S/C13H18BrNO3/c1-2-10-9-11(5-6-12(10)14)18-8-4-3-7-15-13(16)17/h5-6,9,15H,2-4,7-8H2,1H3,(H,16,17). The van der Waals surface area contributed by atoms with Gasteiger partial charge in [-0.05, 0) is 43.0 Å². The number of hydrogen-bond donors (Lipinski definition) is 2. The number of nitrogens with one attached hydrogen (secondary N) is 1. The lowest BCUT2D eigenvalue weighted by molar-refractivity contribution is 0.194. The van der Waals surface area contributed by atoms with Crippen LogP contribution >= 0.6 is 15.9 Å². The van der Waals surface area contributed by atoms with E-state index in [4.69, 9.17) is 9.84 Å². The quantitative estimate of drug-likeness (QED) is 0.758. The normalized spacial score (nSPS) is 10.1. The molecule has 1 aromatic rings. The summed E-state index contributed by atoms with van der Waals surface area (Å²) in [5, 5.41) is 10.7. The predicted octanol–water partition coefficient (Wildman–Crippen LogP) is 3.44. The molecule has 0 unspecified atom stereocenters. The molecule has 0 atom stereocenters. The SMILES string of the molecule is CCc1cc(OCCCCNC(=O)O)ccc1Br. The van der Waals surface area contributed by atoms with Gasteiger partial charge in [-0.2, -0.15) is 0 Å². The highest BCUT2D eigenvalue weighted by atomic mass is 79.9. The largest absolute Gasteiger partial charge is 0.494 e. The van der Waals surface area contributed by atoms with Crippen LogP contribution in [0.1, 0.15) is 25.3 Å². The van der Waals surface area contributed by atoms with Crippen LogP contribution in [-0.4, -0.2) is 24.4 Å².